The smallest absolute Gasteiger partial charge is 0.0801 e. The van der Waals surface area contributed by atoms with Gasteiger partial charge < -0.3 is 15.0 Å². The van der Waals surface area contributed by atoms with Gasteiger partial charge in [-0.05, 0) is 38.6 Å². The third-order valence-corrected chi connectivity index (χ3v) is 3.93. The number of morpholine rings is 1. The zero-order valence-corrected chi connectivity index (χ0v) is 12.9. The molecule has 0 atom stereocenters. The van der Waals surface area contributed by atoms with Gasteiger partial charge in [-0.3, -0.25) is 0 Å². The van der Waals surface area contributed by atoms with Crippen LogP contribution in [0.1, 0.15) is 19.4 Å². The topological polar surface area (TPSA) is 24.5 Å². The molecule has 1 aliphatic rings. The first-order valence-electron chi connectivity index (χ1n) is 6.34. The summed E-state index contributed by atoms with van der Waals surface area (Å²) < 4.78 is 6.91. The minimum absolute atomic E-state index is 0.0611. The summed E-state index contributed by atoms with van der Waals surface area (Å²) in [6.45, 7) is 7.86. The number of ether oxygens (including phenoxy) is 1. The van der Waals surface area contributed by atoms with Gasteiger partial charge in [0, 0.05) is 29.8 Å². The molecule has 1 N–H and O–H groups in total. The molecule has 0 saturated carbocycles. The zero-order valence-electron chi connectivity index (χ0n) is 11.3. The Kier molecular flexibility index (Phi) is 4.30. The summed E-state index contributed by atoms with van der Waals surface area (Å²) >= 11 is 3.65. The Morgan fingerprint density at radius 3 is 2.83 bits per heavy atom. The van der Waals surface area contributed by atoms with Gasteiger partial charge in [0.2, 0.25) is 0 Å². The summed E-state index contributed by atoms with van der Waals surface area (Å²) in [6, 6.07) is 6.57. The van der Waals surface area contributed by atoms with E-state index in [9.17, 15) is 0 Å². The predicted octanol–water partition coefficient (Wildman–Crippen LogP) is 2.78. The summed E-state index contributed by atoms with van der Waals surface area (Å²) in [5, 5.41) is 3.17. The van der Waals surface area contributed by atoms with Crippen LogP contribution in [-0.4, -0.2) is 32.3 Å². The van der Waals surface area contributed by atoms with E-state index in [1.165, 1.54) is 15.7 Å². The van der Waals surface area contributed by atoms with Gasteiger partial charge in [0.05, 0.1) is 12.2 Å². The van der Waals surface area contributed by atoms with E-state index in [1.54, 1.807) is 0 Å². The van der Waals surface area contributed by atoms with Crippen LogP contribution in [0.2, 0.25) is 0 Å². The van der Waals surface area contributed by atoms with Crippen molar-refractivity contribution in [2.24, 2.45) is 0 Å². The Hall–Kier alpha value is -0.580. The molecule has 0 bridgehead atoms. The molecule has 0 radical (unpaired) electrons. The highest BCUT2D eigenvalue weighted by molar-refractivity contribution is 9.10. The van der Waals surface area contributed by atoms with Crippen LogP contribution < -0.4 is 10.2 Å². The summed E-state index contributed by atoms with van der Waals surface area (Å²) in [5.41, 5.74) is 2.49. The lowest BCUT2D eigenvalue weighted by atomic mass is 10.1. The van der Waals surface area contributed by atoms with E-state index >= 15 is 0 Å². The van der Waals surface area contributed by atoms with Crippen molar-refractivity contribution in [2.45, 2.75) is 26.0 Å². The molecule has 1 heterocycles. The second kappa shape index (κ2) is 5.59. The van der Waals surface area contributed by atoms with Crippen molar-refractivity contribution in [1.29, 1.82) is 0 Å². The van der Waals surface area contributed by atoms with E-state index in [-0.39, 0.29) is 5.60 Å². The maximum Gasteiger partial charge on any atom is 0.0801 e. The van der Waals surface area contributed by atoms with E-state index in [4.69, 9.17) is 4.74 Å². The zero-order chi connectivity index (χ0) is 13.2. The van der Waals surface area contributed by atoms with Crippen LogP contribution in [0, 0.1) is 0 Å². The highest BCUT2D eigenvalue weighted by Crippen LogP contribution is 2.27. The first-order chi connectivity index (χ1) is 8.52. The molecule has 2 rings (SSSR count). The molecule has 1 saturated heterocycles. The van der Waals surface area contributed by atoms with Crippen molar-refractivity contribution in [1.82, 2.24) is 5.32 Å². The standard InChI is InChI=1S/C14H21BrN2O/c1-14(2)10-17(6-7-18-14)12-5-4-11(9-16-3)13(15)8-12/h4-5,8,16H,6-7,9-10H2,1-3H3. The largest absolute Gasteiger partial charge is 0.372 e. The van der Waals surface area contributed by atoms with E-state index in [0.717, 1.165) is 26.2 Å². The minimum atomic E-state index is -0.0611. The lowest BCUT2D eigenvalue weighted by molar-refractivity contribution is -0.0276. The van der Waals surface area contributed by atoms with Crippen molar-refractivity contribution in [2.75, 3.05) is 31.6 Å². The molecule has 0 aromatic heterocycles. The molecule has 0 aliphatic carbocycles. The van der Waals surface area contributed by atoms with Crippen molar-refractivity contribution in [3.63, 3.8) is 0 Å². The van der Waals surface area contributed by atoms with Crippen molar-refractivity contribution >= 4 is 21.6 Å². The fourth-order valence-corrected chi connectivity index (χ4v) is 2.81. The molecular weight excluding hydrogens is 292 g/mol. The molecule has 1 aliphatic heterocycles. The number of rotatable bonds is 3. The average molecular weight is 313 g/mol. The van der Waals surface area contributed by atoms with Crippen LogP contribution in [0.15, 0.2) is 22.7 Å². The summed E-state index contributed by atoms with van der Waals surface area (Å²) in [6.07, 6.45) is 0. The number of nitrogens with one attached hydrogen (secondary N) is 1. The molecular formula is C14H21BrN2O. The Labute approximate surface area is 118 Å². The highest BCUT2D eigenvalue weighted by atomic mass is 79.9. The van der Waals surface area contributed by atoms with E-state index in [2.05, 4.69) is 58.2 Å². The minimum Gasteiger partial charge on any atom is -0.372 e. The molecule has 0 spiro atoms. The maximum atomic E-state index is 5.75. The molecule has 18 heavy (non-hydrogen) atoms. The van der Waals surface area contributed by atoms with Crippen LogP contribution in [0.25, 0.3) is 0 Å². The monoisotopic (exact) mass is 312 g/mol. The van der Waals surface area contributed by atoms with Crippen molar-refractivity contribution in [3.05, 3.63) is 28.2 Å². The van der Waals surface area contributed by atoms with Gasteiger partial charge >= 0.3 is 0 Å². The number of hydrogen-bond acceptors (Lipinski definition) is 3. The lowest BCUT2D eigenvalue weighted by Crippen LogP contribution is -2.48. The van der Waals surface area contributed by atoms with E-state index in [0.29, 0.717) is 0 Å². The second-order valence-electron chi connectivity index (χ2n) is 5.34. The van der Waals surface area contributed by atoms with Crippen LogP contribution in [0.5, 0.6) is 0 Å². The van der Waals surface area contributed by atoms with E-state index < -0.39 is 0 Å². The number of benzene rings is 1. The molecule has 1 fully saturated rings. The Morgan fingerprint density at radius 1 is 1.44 bits per heavy atom. The molecule has 0 amide bonds. The first-order valence-corrected chi connectivity index (χ1v) is 7.13. The molecule has 100 valence electrons. The van der Waals surface area contributed by atoms with Crippen LogP contribution >= 0.6 is 15.9 Å². The Bertz CT molecular complexity index is 420. The first kappa shape index (κ1) is 13.8. The van der Waals surface area contributed by atoms with Crippen LogP contribution in [-0.2, 0) is 11.3 Å². The molecule has 1 aromatic rings. The van der Waals surface area contributed by atoms with Gasteiger partial charge in [0.1, 0.15) is 0 Å². The maximum absolute atomic E-state index is 5.75. The third-order valence-electron chi connectivity index (χ3n) is 3.19. The second-order valence-corrected chi connectivity index (χ2v) is 6.19. The summed E-state index contributed by atoms with van der Waals surface area (Å²) in [4.78, 5) is 2.39. The quantitative estimate of drug-likeness (QED) is 0.929. The van der Waals surface area contributed by atoms with Gasteiger partial charge in [-0.1, -0.05) is 22.0 Å². The van der Waals surface area contributed by atoms with Gasteiger partial charge in [0.15, 0.2) is 0 Å². The lowest BCUT2D eigenvalue weighted by Gasteiger charge is -2.39. The van der Waals surface area contributed by atoms with Crippen LogP contribution in [0.3, 0.4) is 0 Å². The number of halogens is 1. The van der Waals surface area contributed by atoms with Crippen molar-refractivity contribution < 1.29 is 4.74 Å². The van der Waals surface area contributed by atoms with Gasteiger partial charge in [0.25, 0.3) is 0 Å². The molecule has 4 heteroatoms. The number of hydrogen-bond donors (Lipinski definition) is 1. The Balaban J connectivity index is 2.16. The van der Waals surface area contributed by atoms with Gasteiger partial charge in [-0.2, -0.15) is 0 Å². The molecule has 1 aromatic carbocycles. The van der Waals surface area contributed by atoms with Crippen LogP contribution in [0.4, 0.5) is 5.69 Å². The molecule has 3 nitrogen and oxygen atoms in total. The summed E-state index contributed by atoms with van der Waals surface area (Å²) in [7, 11) is 1.96. The third kappa shape index (κ3) is 3.25. The normalized spacial score (nSPS) is 19.0. The SMILES string of the molecule is CNCc1ccc(N2CCOC(C)(C)C2)cc1Br. The number of anilines is 1. The molecule has 0 unspecified atom stereocenters. The fourth-order valence-electron chi connectivity index (χ4n) is 2.30. The summed E-state index contributed by atoms with van der Waals surface area (Å²) in [5.74, 6) is 0. The Morgan fingerprint density at radius 2 is 2.22 bits per heavy atom. The average Bonchev–Trinajstić information content (AvgIpc) is 2.30. The van der Waals surface area contributed by atoms with Crippen molar-refractivity contribution in [3.8, 4) is 0 Å². The predicted molar refractivity (Wildman–Crippen MR) is 79.1 cm³/mol. The number of nitrogens with zero attached hydrogens (tertiary/aromatic N) is 1. The van der Waals surface area contributed by atoms with Gasteiger partial charge in [-0.15, -0.1) is 0 Å². The van der Waals surface area contributed by atoms with Gasteiger partial charge in [-0.25, -0.2) is 0 Å². The van der Waals surface area contributed by atoms with E-state index in [1.807, 2.05) is 7.05 Å². The highest BCUT2D eigenvalue weighted by Gasteiger charge is 2.27. The fraction of sp³-hybridized carbons (Fsp3) is 0.571.